The van der Waals surface area contributed by atoms with Gasteiger partial charge in [0.15, 0.2) is 0 Å². The van der Waals surface area contributed by atoms with Crippen molar-refractivity contribution in [3.05, 3.63) is 65.2 Å². The van der Waals surface area contributed by atoms with Crippen molar-refractivity contribution >= 4 is 23.7 Å². The fourth-order valence-electron chi connectivity index (χ4n) is 3.56. The van der Waals surface area contributed by atoms with Gasteiger partial charge in [-0.2, -0.15) is 0 Å². The third-order valence-electron chi connectivity index (χ3n) is 4.91. The number of fused-ring (bicyclic) bond motifs is 1. The van der Waals surface area contributed by atoms with Crippen molar-refractivity contribution in [1.29, 1.82) is 0 Å². The van der Waals surface area contributed by atoms with Crippen LogP contribution in [0.5, 0.6) is 5.75 Å². The smallest absolute Gasteiger partial charge is 0.315 e. The first-order valence-corrected chi connectivity index (χ1v) is 9.03. The molecule has 0 saturated carbocycles. The molecule has 7 heteroatoms. The second-order valence-electron chi connectivity index (χ2n) is 6.86. The van der Waals surface area contributed by atoms with Gasteiger partial charge >= 0.3 is 5.97 Å². The monoisotopic (exact) mass is 378 g/mol. The predicted octanol–water partition coefficient (Wildman–Crippen LogP) is 1.60. The molecule has 28 heavy (non-hydrogen) atoms. The average Bonchev–Trinajstić information content (AvgIpc) is 2.98. The van der Waals surface area contributed by atoms with Crippen LogP contribution in [0.1, 0.15) is 34.3 Å². The van der Waals surface area contributed by atoms with Gasteiger partial charge in [-0.15, -0.1) is 0 Å². The molecule has 3 amide bonds. The van der Waals surface area contributed by atoms with Crippen LogP contribution >= 0.6 is 0 Å². The van der Waals surface area contributed by atoms with Gasteiger partial charge in [0, 0.05) is 18.5 Å². The number of esters is 1. The van der Waals surface area contributed by atoms with Crippen LogP contribution in [-0.4, -0.2) is 34.6 Å². The average molecular weight is 378 g/mol. The highest BCUT2D eigenvalue weighted by atomic mass is 16.5. The highest BCUT2D eigenvalue weighted by Crippen LogP contribution is 2.28. The number of carbonyl (C=O) groups is 4. The Balaban J connectivity index is 1.45. The summed E-state index contributed by atoms with van der Waals surface area (Å²) in [6.45, 7) is 0.280. The largest absolute Gasteiger partial charge is 0.426 e. The molecule has 7 nitrogen and oxygen atoms in total. The van der Waals surface area contributed by atoms with Crippen molar-refractivity contribution in [1.82, 2.24) is 10.2 Å². The van der Waals surface area contributed by atoms with Gasteiger partial charge in [-0.05, 0) is 35.7 Å². The van der Waals surface area contributed by atoms with E-state index in [-0.39, 0.29) is 31.2 Å². The van der Waals surface area contributed by atoms with Gasteiger partial charge in [0.2, 0.25) is 11.8 Å². The van der Waals surface area contributed by atoms with Crippen LogP contribution in [0, 0.1) is 0 Å². The van der Waals surface area contributed by atoms with Crippen LogP contribution in [0.25, 0.3) is 0 Å². The van der Waals surface area contributed by atoms with Crippen molar-refractivity contribution in [2.75, 3.05) is 0 Å². The van der Waals surface area contributed by atoms with Gasteiger partial charge in [0.25, 0.3) is 5.91 Å². The number of rotatable bonds is 4. The Hall–Kier alpha value is -3.48. The number of hydrogen-bond donors (Lipinski definition) is 1. The zero-order chi connectivity index (χ0) is 19.7. The number of piperidine rings is 1. The maximum absolute atomic E-state index is 12.7. The summed E-state index contributed by atoms with van der Waals surface area (Å²) in [5.74, 6) is -0.901. The predicted molar refractivity (Wildman–Crippen MR) is 98.3 cm³/mol. The van der Waals surface area contributed by atoms with E-state index < -0.39 is 17.9 Å². The number of benzene rings is 2. The van der Waals surface area contributed by atoms with E-state index >= 15 is 0 Å². The topological polar surface area (TPSA) is 92.8 Å². The van der Waals surface area contributed by atoms with E-state index in [1.165, 1.54) is 4.90 Å². The molecule has 2 aliphatic rings. The lowest BCUT2D eigenvalue weighted by molar-refractivity contribution is -0.137. The summed E-state index contributed by atoms with van der Waals surface area (Å²) in [5, 5.41) is 2.28. The summed E-state index contributed by atoms with van der Waals surface area (Å²) in [4.78, 5) is 49.7. The molecule has 2 aromatic rings. The van der Waals surface area contributed by atoms with Crippen LogP contribution in [0.4, 0.5) is 0 Å². The molecule has 142 valence electrons. The van der Waals surface area contributed by atoms with Gasteiger partial charge in [0.05, 0.1) is 6.42 Å². The van der Waals surface area contributed by atoms with Gasteiger partial charge in [0.1, 0.15) is 11.8 Å². The molecule has 2 aromatic carbocycles. The van der Waals surface area contributed by atoms with Gasteiger partial charge < -0.3 is 9.64 Å². The van der Waals surface area contributed by atoms with E-state index in [2.05, 4.69) is 5.32 Å². The van der Waals surface area contributed by atoms with Crippen molar-refractivity contribution in [2.24, 2.45) is 0 Å². The van der Waals surface area contributed by atoms with E-state index in [1.807, 2.05) is 6.07 Å². The fourth-order valence-corrected chi connectivity index (χ4v) is 3.56. The zero-order valence-electron chi connectivity index (χ0n) is 15.0. The SMILES string of the molecule is O=C1CCC(N2Cc3cc(CC(=O)Oc4ccccc4)ccc3C2=O)C(=O)N1. The maximum Gasteiger partial charge on any atom is 0.315 e. The van der Waals surface area contributed by atoms with Gasteiger partial charge in [-0.3, -0.25) is 24.5 Å². The van der Waals surface area contributed by atoms with Crippen LogP contribution in [0.2, 0.25) is 0 Å². The Morgan fingerprint density at radius 3 is 2.64 bits per heavy atom. The van der Waals surface area contributed by atoms with E-state index in [4.69, 9.17) is 4.74 Å². The standard InChI is InChI=1S/C21H18N2O5/c24-18-9-8-17(20(26)22-18)23-12-14-10-13(6-7-16(14)21(23)27)11-19(25)28-15-4-2-1-3-5-15/h1-7,10,17H,8-9,11-12H2,(H,22,24,26). The molecule has 0 radical (unpaired) electrons. The van der Waals surface area contributed by atoms with Gasteiger partial charge in [-0.25, -0.2) is 0 Å². The maximum atomic E-state index is 12.7. The Bertz CT molecular complexity index is 970. The number of imide groups is 1. The zero-order valence-corrected chi connectivity index (χ0v) is 15.0. The second-order valence-corrected chi connectivity index (χ2v) is 6.86. The fraction of sp³-hybridized carbons (Fsp3) is 0.238. The molecule has 1 saturated heterocycles. The number of para-hydroxylation sites is 1. The Morgan fingerprint density at radius 1 is 1.11 bits per heavy atom. The summed E-state index contributed by atoms with van der Waals surface area (Å²) in [7, 11) is 0. The minimum absolute atomic E-state index is 0.0782. The first-order valence-electron chi connectivity index (χ1n) is 9.03. The first-order chi connectivity index (χ1) is 13.5. The lowest BCUT2D eigenvalue weighted by Crippen LogP contribution is -2.52. The van der Waals surface area contributed by atoms with Crippen molar-refractivity contribution in [2.45, 2.75) is 31.8 Å². The summed E-state index contributed by atoms with van der Waals surface area (Å²) in [6, 6.07) is 13.4. The molecule has 2 aliphatic heterocycles. The number of hydrogen-bond acceptors (Lipinski definition) is 5. The molecular formula is C21H18N2O5. The van der Waals surface area contributed by atoms with Crippen LogP contribution in [0.3, 0.4) is 0 Å². The Labute approximate surface area is 161 Å². The van der Waals surface area contributed by atoms with E-state index in [0.29, 0.717) is 17.7 Å². The third kappa shape index (κ3) is 3.51. The summed E-state index contributed by atoms with van der Waals surface area (Å²) >= 11 is 0. The van der Waals surface area contributed by atoms with E-state index in [0.717, 1.165) is 11.1 Å². The van der Waals surface area contributed by atoms with Crippen LogP contribution in [-0.2, 0) is 27.3 Å². The Morgan fingerprint density at radius 2 is 1.89 bits per heavy atom. The van der Waals surface area contributed by atoms with Crippen molar-refractivity contribution in [3.8, 4) is 5.75 Å². The molecule has 0 aliphatic carbocycles. The van der Waals surface area contributed by atoms with E-state index in [1.54, 1.807) is 42.5 Å². The van der Waals surface area contributed by atoms with E-state index in [9.17, 15) is 19.2 Å². The second kappa shape index (κ2) is 7.26. The third-order valence-corrected chi connectivity index (χ3v) is 4.91. The molecule has 1 fully saturated rings. The molecule has 1 atom stereocenters. The summed E-state index contributed by atoms with van der Waals surface area (Å²) in [6.07, 6.45) is 0.614. The van der Waals surface area contributed by atoms with Crippen molar-refractivity contribution in [3.63, 3.8) is 0 Å². The molecule has 1 unspecified atom stereocenters. The molecule has 0 aromatic heterocycles. The van der Waals surface area contributed by atoms with Crippen LogP contribution < -0.4 is 10.1 Å². The molecule has 4 rings (SSSR count). The number of ether oxygens (including phenoxy) is 1. The highest BCUT2D eigenvalue weighted by molar-refractivity contribution is 6.05. The first kappa shape index (κ1) is 17.9. The van der Waals surface area contributed by atoms with Crippen molar-refractivity contribution < 1.29 is 23.9 Å². The minimum Gasteiger partial charge on any atom is -0.426 e. The molecule has 0 spiro atoms. The minimum atomic E-state index is -0.649. The number of nitrogens with zero attached hydrogens (tertiary/aromatic N) is 1. The normalized spacial score (nSPS) is 18.6. The number of amides is 3. The van der Waals surface area contributed by atoms with Crippen LogP contribution in [0.15, 0.2) is 48.5 Å². The molecule has 0 bridgehead atoms. The summed E-state index contributed by atoms with van der Waals surface area (Å²) in [5.41, 5.74) is 2.02. The highest BCUT2D eigenvalue weighted by Gasteiger charge is 2.39. The number of carbonyl (C=O) groups excluding carboxylic acids is 4. The number of nitrogens with one attached hydrogen (secondary N) is 1. The quantitative estimate of drug-likeness (QED) is 0.496. The summed E-state index contributed by atoms with van der Waals surface area (Å²) < 4.78 is 5.30. The molecule has 2 heterocycles. The lowest BCUT2D eigenvalue weighted by Gasteiger charge is -2.29. The Kier molecular flexibility index (Phi) is 4.65. The lowest BCUT2D eigenvalue weighted by atomic mass is 10.0. The van der Waals surface area contributed by atoms with Gasteiger partial charge in [-0.1, -0.05) is 30.3 Å². The molecule has 1 N–H and O–H groups in total. The molecular weight excluding hydrogens is 360 g/mol.